The fraction of sp³-hybridized carbons (Fsp3) is 0.136. The first-order chi connectivity index (χ1) is 13.2. The molecule has 0 fully saturated rings. The number of hydrogen-bond donors (Lipinski definition) is 1. The summed E-state index contributed by atoms with van der Waals surface area (Å²) < 4.78 is 1.79. The molecule has 0 saturated heterocycles. The molecule has 134 valence electrons. The van der Waals surface area contributed by atoms with Crippen LogP contribution >= 0.6 is 0 Å². The van der Waals surface area contributed by atoms with Crippen LogP contribution in [0.4, 0.5) is 0 Å². The summed E-state index contributed by atoms with van der Waals surface area (Å²) in [6.07, 6.45) is 2.33. The third-order valence-electron chi connectivity index (χ3n) is 4.56. The van der Waals surface area contributed by atoms with E-state index in [2.05, 4.69) is 10.3 Å². The van der Waals surface area contributed by atoms with Crippen molar-refractivity contribution in [2.24, 2.45) is 0 Å². The standard InChI is InChI=1S/C22H19N3O2/c26-21-12-14-25(20-8-4-2-6-18(20)21)15-22(27)23-13-11-17-10-9-16-5-1-3-7-19(16)24-17/h1-10,12,14H,11,13,15H2,(H,23,27). The van der Waals surface area contributed by atoms with Crippen LogP contribution in [0.1, 0.15) is 5.69 Å². The lowest BCUT2D eigenvalue weighted by atomic mass is 10.2. The van der Waals surface area contributed by atoms with Crippen LogP contribution in [0, 0.1) is 0 Å². The Labute approximate surface area is 156 Å². The van der Waals surface area contributed by atoms with Crippen LogP contribution in [0.15, 0.2) is 77.7 Å². The van der Waals surface area contributed by atoms with Gasteiger partial charge in [-0.1, -0.05) is 36.4 Å². The molecule has 4 aromatic rings. The molecule has 0 spiro atoms. The van der Waals surface area contributed by atoms with E-state index in [1.807, 2.05) is 54.6 Å². The molecular formula is C22H19N3O2. The van der Waals surface area contributed by atoms with Gasteiger partial charge in [0.15, 0.2) is 5.43 Å². The lowest BCUT2D eigenvalue weighted by Crippen LogP contribution is -2.30. The van der Waals surface area contributed by atoms with Crippen molar-refractivity contribution in [2.45, 2.75) is 13.0 Å². The van der Waals surface area contributed by atoms with Crippen molar-refractivity contribution in [3.63, 3.8) is 0 Å². The Balaban J connectivity index is 1.40. The maximum absolute atomic E-state index is 12.3. The second kappa shape index (κ2) is 7.41. The average Bonchev–Trinajstić information content (AvgIpc) is 2.70. The lowest BCUT2D eigenvalue weighted by molar-refractivity contribution is -0.121. The van der Waals surface area contributed by atoms with Crippen molar-refractivity contribution in [1.29, 1.82) is 0 Å². The Kier molecular flexibility index (Phi) is 4.66. The highest BCUT2D eigenvalue weighted by molar-refractivity contribution is 5.82. The van der Waals surface area contributed by atoms with Gasteiger partial charge in [-0.25, -0.2) is 0 Å². The van der Waals surface area contributed by atoms with Crippen LogP contribution in [0.25, 0.3) is 21.8 Å². The van der Waals surface area contributed by atoms with Gasteiger partial charge in [0.1, 0.15) is 6.54 Å². The minimum atomic E-state index is -0.0930. The summed E-state index contributed by atoms with van der Waals surface area (Å²) in [6.45, 7) is 0.689. The molecule has 1 N–H and O–H groups in total. The van der Waals surface area contributed by atoms with Crippen molar-refractivity contribution in [2.75, 3.05) is 6.54 Å². The smallest absolute Gasteiger partial charge is 0.239 e. The van der Waals surface area contributed by atoms with E-state index in [4.69, 9.17) is 0 Å². The number of nitrogens with one attached hydrogen (secondary N) is 1. The lowest BCUT2D eigenvalue weighted by Gasteiger charge is -2.11. The monoisotopic (exact) mass is 357 g/mol. The summed E-state index contributed by atoms with van der Waals surface area (Å²) in [6, 6.07) is 20.8. The van der Waals surface area contributed by atoms with Gasteiger partial charge in [-0.2, -0.15) is 0 Å². The highest BCUT2D eigenvalue weighted by Crippen LogP contribution is 2.12. The summed E-state index contributed by atoms with van der Waals surface area (Å²) in [7, 11) is 0. The van der Waals surface area contributed by atoms with Gasteiger partial charge in [0, 0.05) is 41.7 Å². The van der Waals surface area contributed by atoms with Gasteiger partial charge in [-0.15, -0.1) is 0 Å². The molecule has 2 aromatic carbocycles. The zero-order chi connectivity index (χ0) is 18.6. The first-order valence-corrected chi connectivity index (χ1v) is 8.90. The molecule has 2 heterocycles. The molecule has 0 radical (unpaired) electrons. The van der Waals surface area contributed by atoms with Crippen LogP contribution < -0.4 is 10.7 Å². The van der Waals surface area contributed by atoms with Gasteiger partial charge in [0.05, 0.1) is 11.0 Å². The SMILES string of the molecule is O=C(Cn1ccc(=O)c2ccccc21)NCCc1ccc2ccccc2n1. The van der Waals surface area contributed by atoms with Crippen LogP contribution in [0.5, 0.6) is 0 Å². The number of nitrogens with zero attached hydrogens (tertiary/aromatic N) is 2. The Hall–Kier alpha value is -3.47. The van der Waals surface area contributed by atoms with E-state index in [0.29, 0.717) is 18.4 Å². The molecule has 2 aromatic heterocycles. The third-order valence-corrected chi connectivity index (χ3v) is 4.56. The van der Waals surface area contributed by atoms with E-state index < -0.39 is 0 Å². The van der Waals surface area contributed by atoms with Crippen LogP contribution in [-0.2, 0) is 17.8 Å². The summed E-state index contributed by atoms with van der Waals surface area (Å²) >= 11 is 0. The highest BCUT2D eigenvalue weighted by Gasteiger charge is 2.07. The molecule has 0 aliphatic carbocycles. The Bertz CT molecular complexity index is 1180. The molecule has 0 aliphatic rings. The second-order valence-corrected chi connectivity index (χ2v) is 6.42. The minimum absolute atomic E-state index is 0.0374. The number of amides is 1. The predicted octanol–water partition coefficient (Wildman–Crippen LogP) is 2.91. The van der Waals surface area contributed by atoms with Gasteiger partial charge < -0.3 is 9.88 Å². The predicted molar refractivity (Wildman–Crippen MR) is 107 cm³/mol. The minimum Gasteiger partial charge on any atom is -0.354 e. The number of fused-ring (bicyclic) bond motifs is 2. The fourth-order valence-electron chi connectivity index (χ4n) is 3.19. The van der Waals surface area contributed by atoms with E-state index in [9.17, 15) is 9.59 Å². The summed E-state index contributed by atoms with van der Waals surface area (Å²) in [4.78, 5) is 28.8. The molecule has 4 rings (SSSR count). The number of carbonyl (C=O) groups excluding carboxylic acids is 1. The largest absolute Gasteiger partial charge is 0.354 e. The van der Waals surface area contributed by atoms with Crippen molar-refractivity contribution >= 4 is 27.7 Å². The van der Waals surface area contributed by atoms with E-state index in [1.165, 1.54) is 6.07 Å². The summed E-state index contributed by atoms with van der Waals surface area (Å²) in [5.74, 6) is -0.0930. The first-order valence-electron chi connectivity index (χ1n) is 8.90. The fourth-order valence-corrected chi connectivity index (χ4v) is 3.19. The second-order valence-electron chi connectivity index (χ2n) is 6.42. The number of rotatable bonds is 5. The molecule has 0 atom stereocenters. The molecule has 0 unspecified atom stereocenters. The maximum atomic E-state index is 12.3. The molecule has 5 nitrogen and oxygen atoms in total. The first kappa shape index (κ1) is 17.0. The van der Waals surface area contributed by atoms with Crippen molar-refractivity contribution in [1.82, 2.24) is 14.9 Å². The zero-order valence-electron chi connectivity index (χ0n) is 14.8. The van der Waals surface area contributed by atoms with E-state index in [-0.39, 0.29) is 17.9 Å². The van der Waals surface area contributed by atoms with Gasteiger partial charge >= 0.3 is 0 Å². The van der Waals surface area contributed by atoms with E-state index >= 15 is 0 Å². The molecule has 0 bridgehead atoms. The van der Waals surface area contributed by atoms with Gasteiger partial charge in [0.25, 0.3) is 0 Å². The molecule has 1 amide bonds. The average molecular weight is 357 g/mol. The Morgan fingerprint density at radius 3 is 2.70 bits per heavy atom. The number of carbonyl (C=O) groups is 1. The normalized spacial score (nSPS) is 11.0. The number of benzene rings is 2. The van der Waals surface area contributed by atoms with Gasteiger partial charge in [0.2, 0.25) is 5.91 Å². The number of para-hydroxylation sites is 2. The quantitative estimate of drug-likeness (QED) is 0.597. The van der Waals surface area contributed by atoms with Crippen LogP contribution in [0.3, 0.4) is 0 Å². The topological polar surface area (TPSA) is 64.0 Å². The Morgan fingerprint density at radius 2 is 1.78 bits per heavy atom. The molecule has 0 saturated carbocycles. The third kappa shape index (κ3) is 3.72. The maximum Gasteiger partial charge on any atom is 0.239 e. The number of pyridine rings is 2. The molecule has 5 heteroatoms. The highest BCUT2D eigenvalue weighted by atomic mass is 16.2. The van der Waals surface area contributed by atoms with Crippen LogP contribution in [-0.4, -0.2) is 22.0 Å². The van der Waals surface area contributed by atoms with E-state index in [0.717, 1.165) is 22.1 Å². The summed E-state index contributed by atoms with van der Waals surface area (Å²) in [5, 5.41) is 4.65. The number of hydrogen-bond acceptors (Lipinski definition) is 3. The molecule has 27 heavy (non-hydrogen) atoms. The van der Waals surface area contributed by atoms with Gasteiger partial charge in [-0.05, 0) is 24.3 Å². The van der Waals surface area contributed by atoms with Gasteiger partial charge in [-0.3, -0.25) is 14.6 Å². The molecular weight excluding hydrogens is 338 g/mol. The molecule has 0 aliphatic heterocycles. The number of aromatic nitrogens is 2. The Morgan fingerprint density at radius 1 is 0.963 bits per heavy atom. The summed E-state index contributed by atoms with van der Waals surface area (Å²) in [5.41, 5.74) is 2.63. The van der Waals surface area contributed by atoms with Crippen molar-refractivity contribution in [3.05, 3.63) is 88.8 Å². The van der Waals surface area contributed by atoms with Crippen molar-refractivity contribution in [3.8, 4) is 0 Å². The van der Waals surface area contributed by atoms with Crippen LogP contribution in [0.2, 0.25) is 0 Å². The zero-order valence-corrected chi connectivity index (χ0v) is 14.8. The van der Waals surface area contributed by atoms with E-state index in [1.54, 1.807) is 16.8 Å². The van der Waals surface area contributed by atoms with Crippen molar-refractivity contribution < 1.29 is 4.79 Å².